The number of hydrogen-bond donors (Lipinski definition) is 6. The van der Waals surface area contributed by atoms with Crippen molar-refractivity contribution in [2.45, 2.75) is 50.4 Å². The van der Waals surface area contributed by atoms with Gasteiger partial charge in [0.1, 0.15) is 28.7 Å². The first-order valence-corrected chi connectivity index (χ1v) is 13.4. The number of hydrogen-bond acceptors (Lipinski definition) is 10. The molecule has 1 aliphatic heterocycles. The molecule has 13 heteroatoms. The minimum absolute atomic E-state index is 0.0456. The van der Waals surface area contributed by atoms with E-state index < -0.39 is 69.6 Å². The van der Waals surface area contributed by atoms with Crippen LogP contribution >= 0.6 is 0 Å². The quantitative estimate of drug-likeness (QED) is 0.261. The second kappa shape index (κ2) is 9.93. The van der Waals surface area contributed by atoms with Gasteiger partial charge in [-0.3, -0.25) is 29.0 Å². The van der Waals surface area contributed by atoms with Crippen molar-refractivity contribution < 1.29 is 44.0 Å². The molecule has 1 aromatic rings. The van der Waals surface area contributed by atoms with Crippen molar-refractivity contribution >= 4 is 23.4 Å². The van der Waals surface area contributed by atoms with Gasteiger partial charge in [-0.2, -0.15) is 0 Å². The van der Waals surface area contributed by atoms with Crippen LogP contribution in [-0.4, -0.2) is 98.5 Å². The largest absolute Gasteiger partial charge is 0.510 e. The van der Waals surface area contributed by atoms with Crippen LogP contribution in [0.4, 0.5) is 4.39 Å². The third-order valence-electron chi connectivity index (χ3n) is 8.80. The van der Waals surface area contributed by atoms with Gasteiger partial charge in [0.15, 0.2) is 11.4 Å². The summed E-state index contributed by atoms with van der Waals surface area (Å²) in [5.41, 5.74) is 1.09. The van der Waals surface area contributed by atoms with Crippen LogP contribution < -0.4 is 11.1 Å². The summed E-state index contributed by atoms with van der Waals surface area (Å²) in [6.07, 6.45) is 0.429. The molecule has 0 unspecified atom stereocenters. The predicted octanol–water partition coefficient (Wildman–Crippen LogP) is -0.0299. The summed E-state index contributed by atoms with van der Waals surface area (Å²) in [4.78, 5) is 53.8. The number of aromatic hydroxyl groups is 1. The average Bonchev–Trinajstić information content (AvgIpc) is 3.29. The number of allylic oxidation sites excluding steroid dienone is 1. The molecule has 1 saturated heterocycles. The van der Waals surface area contributed by atoms with Crippen molar-refractivity contribution in [3.05, 3.63) is 51.2 Å². The molecule has 0 saturated carbocycles. The Balaban J connectivity index is 1.55. The lowest BCUT2D eigenvalue weighted by molar-refractivity contribution is -0.148. The SMILES string of the molecule is CC(=O)N[C@H]1CCN(Cc2cc(O)c3c(c2F)C[C@H]2C[C@H]4[C@H](N(C)C)C(O)=C(C(N)=O)C(=O)[C@@]4(O)C(O)=C2C3=O)C1. The van der Waals surface area contributed by atoms with Crippen LogP contribution in [-0.2, 0) is 27.3 Å². The molecule has 1 fully saturated rings. The van der Waals surface area contributed by atoms with E-state index in [1.165, 1.54) is 25.9 Å². The van der Waals surface area contributed by atoms with Crippen LogP contribution in [0.3, 0.4) is 0 Å². The van der Waals surface area contributed by atoms with Crippen molar-refractivity contribution in [3.8, 4) is 5.75 Å². The van der Waals surface area contributed by atoms with Gasteiger partial charge in [-0.25, -0.2) is 4.39 Å². The number of phenolic OH excluding ortho intramolecular Hbond substituents is 1. The molecular formula is C28H33FN4O8. The smallest absolute Gasteiger partial charge is 0.255 e. The molecule has 2 amide bonds. The second-order valence-corrected chi connectivity index (χ2v) is 11.6. The van der Waals surface area contributed by atoms with Crippen LogP contribution in [0.25, 0.3) is 0 Å². The number of rotatable bonds is 5. The van der Waals surface area contributed by atoms with Gasteiger partial charge in [0, 0.05) is 55.2 Å². The van der Waals surface area contributed by atoms with E-state index in [2.05, 4.69) is 5.32 Å². The third-order valence-corrected chi connectivity index (χ3v) is 8.80. The highest BCUT2D eigenvalue weighted by atomic mass is 19.1. The number of primary amides is 1. The molecule has 0 bridgehead atoms. The van der Waals surface area contributed by atoms with Gasteiger partial charge < -0.3 is 31.5 Å². The average molecular weight is 573 g/mol. The molecule has 41 heavy (non-hydrogen) atoms. The number of likely N-dealkylation sites (N-methyl/N-ethyl adjacent to an activating group) is 1. The fraction of sp³-hybridized carbons (Fsp3) is 0.500. The third kappa shape index (κ3) is 4.30. The van der Waals surface area contributed by atoms with Crippen molar-refractivity contribution in [1.82, 2.24) is 15.1 Å². The zero-order valence-electron chi connectivity index (χ0n) is 22.9. The van der Waals surface area contributed by atoms with E-state index >= 15 is 4.39 Å². The summed E-state index contributed by atoms with van der Waals surface area (Å²) in [6, 6.07) is -0.0595. The molecule has 4 aliphatic rings. The maximum atomic E-state index is 16.0. The van der Waals surface area contributed by atoms with Crippen molar-refractivity contribution in [3.63, 3.8) is 0 Å². The van der Waals surface area contributed by atoms with Crippen LogP contribution in [0.2, 0.25) is 0 Å². The molecule has 0 spiro atoms. The molecule has 5 rings (SSSR count). The number of phenols is 1. The van der Waals surface area contributed by atoms with Gasteiger partial charge in [0.25, 0.3) is 5.91 Å². The number of likely N-dealkylation sites (tertiary alicyclic amines) is 1. The molecule has 7 N–H and O–H groups in total. The number of benzene rings is 1. The number of halogens is 1. The number of Topliss-reactive ketones (excluding diaryl/α,β-unsaturated/α-hetero) is 2. The highest BCUT2D eigenvalue weighted by molar-refractivity contribution is 6.24. The Hall–Kier alpha value is -3.81. The number of aliphatic hydroxyl groups is 3. The number of carbonyl (C=O) groups is 4. The molecule has 0 aromatic heterocycles. The Labute approximate surface area is 234 Å². The predicted molar refractivity (Wildman–Crippen MR) is 141 cm³/mol. The summed E-state index contributed by atoms with van der Waals surface area (Å²) in [6.45, 7) is 2.63. The summed E-state index contributed by atoms with van der Waals surface area (Å²) in [5, 5.41) is 47.5. The van der Waals surface area contributed by atoms with Crippen LogP contribution in [0.5, 0.6) is 5.75 Å². The lowest BCUT2D eigenvalue weighted by Gasteiger charge is -2.50. The number of aliphatic hydroxyl groups excluding tert-OH is 2. The Kier molecular flexibility index (Phi) is 6.95. The van der Waals surface area contributed by atoms with Gasteiger partial charge in [0.2, 0.25) is 11.7 Å². The highest BCUT2D eigenvalue weighted by Crippen LogP contribution is 2.52. The Morgan fingerprint density at radius 3 is 2.54 bits per heavy atom. The Morgan fingerprint density at radius 2 is 1.93 bits per heavy atom. The first-order chi connectivity index (χ1) is 19.2. The zero-order valence-corrected chi connectivity index (χ0v) is 22.9. The number of ketones is 2. The summed E-state index contributed by atoms with van der Waals surface area (Å²) in [5.74, 6) is -8.65. The molecule has 3 aliphatic carbocycles. The number of nitrogens with two attached hydrogens (primary N) is 1. The molecule has 0 radical (unpaired) electrons. The molecule has 220 valence electrons. The standard InChI is InChI=1S/C28H33FN4O8/c1-11(34)31-14-4-5-33(10-14)9-13-8-17(35)19-15(21(13)29)6-12-7-16-22(32(2)3)24(37)20(27(30)40)26(39)28(16,41)25(38)18(12)23(19)36/h8,12,14,16,22,35,37-38,41H,4-7,9-10H2,1-3H3,(H2,30,40)(H,31,34)/t12-,14-,16-,22-,28-/m0/s1. The fourth-order valence-electron chi connectivity index (χ4n) is 7.09. The van der Waals surface area contributed by atoms with Gasteiger partial charge in [-0.15, -0.1) is 0 Å². The summed E-state index contributed by atoms with van der Waals surface area (Å²) in [7, 11) is 3.07. The molecular weight excluding hydrogens is 539 g/mol. The highest BCUT2D eigenvalue weighted by Gasteiger charge is 2.63. The first kappa shape index (κ1) is 28.7. The van der Waals surface area contributed by atoms with Gasteiger partial charge >= 0.3 is 0 Å². The number of carbonyl (C=O) groups excluding carboxylic acids is 4. The monoisotopic (exact) mass is 572 g/mol. The summed E-state index contributed by atoms with van der Waals surface area (Å²) < 4.78 is 16.0. The van der Waals surface area contributed by atoms with E-state index in [9.17, 15) is 39.6 Å². The van der Waals surface area contributed by atoms with E-state index in [0.29, 0.717) is 19.5 Å². The first-order valence-electron chi connectivity index (χ1n) is 13.4. The van der Waals surface area contributed by atoms with E-state index in [0.717, 1.165) is 6.07 Å². The molecule has 1 aromatic carbocycles. The number of nitrogens with one attached hydrogen (secondary N) is 1. The zero-order chi connectivity index (χ0) is 30.1. The molecule has 12 nitrogen and oxygen atoms in total. The van der Waals surface area contributed by atoms with Crippen molar-refractivity contribution in [2.75, 3.05) is 27.2 Å². The Bertz CT molecular complexity index is 1450. The van der Waals surface area contributed by atoms with Gasteiger partial charge in [0.05, 0.1) is 11.6 Å². The second-order valence-electron chi connectivity index (χ2n) is 11.6. The van der Waals surface area contributed by atoms with Crippen LogP contribution in [0.1, 0.15) is 41.3 Å². The van der Waals surface area contributed by atoms with Crippen LogP contribution in [0, 0.1) is 17.7 Å². The van der Waals surface area contributed by atoms with E-state index in [4.69, 9.17) is 5.73 Å². The van der Waals surface area contributed by atoms with Gasteiger partial charge in [-0.1, -0.05) is 0 Å². The van der Waals surface area contributed by atoms with E-state index in [1.54, 1.807) is 0 Å². The van der Waals surface area contributed by atoms with Crippen molar-refractivity contribution in [1.29, 1.82) is 0 Å². The fourth-order valence-corrected chi connectivity index (χ4v) is 7.09. The minimum atomic E-state index is -2.75. The Morgan fingerprint density at radius 1 is 1.24 bits per heavy atom. The van der Waals surface area contributed by atoms with Crippen molar-refractivity contribution in [2.24, 2.45) is 17.6 Å². The lowest BCUT2D eigenvalue weighted by Crippen LogP contribution is -2.63. The lowest BCUT2D eigenvalue weighted by atomic mass is 9.58. The number of amides is 2. The minimum Gasteiger partial charge on any atom is -0.510 e. The van der Waals surface area contributed by atoms with E-state index in [-0.39, 0.29) is 53.6 Å². The molecule has 5 atom stereocenters. The maximum absolute atomic E-state index is 16.0. The molecule has 1 heterocycles. The topological polar surface area (TPSA) is 194 Å². The number of fused-ring (bicyclic) bond motifs is 3. The van der Waals surface area contributed by atoms with Gasteiger partial charge in [-0.05, 0) is 45.3 Å². The maximum Gasteiger partial charge on any atom is 0.255 e. The van der Waals surface area contributed by atoms with E-state index in [1.807, 2.05) is 4.90 Å². The normalized spacial score (nSPS) is 29.9. The van der Waals surface area contributed by atoms with Crippen LogP contribution in [0.15, 0.2) is 28.7 Å². The number of nitrogens with zero attached hydrogens (tertiary/aromatic N) is 2. The summed E-state index contributed by atoms with van der Waals surface area (Å²) >= 11 is 0.